The van der Waals surface area contributed by atoms with E-state index < -0.39 is 5.92 Å². The molecular weight excluding hydrogens is 303 g/mol. The maximum absolute atomic E-state index is 9.53. The molecule has 0 aliphatic rings. The zero-order valence-corrected chi connectivity index (χ0v) is 13.5. The average molecular weight is 319 g/mol. The van der Waals surface area contributed by atoms with Gasteiger partial charge in [0, 0.05) is 22.3 Å². The third-order valence-electron chi connectivity index (χ3n) is 3.35. The van der Waals surface area contributed by atoms with E-state index in [1.807, 2.05) is 38.1 Å². The van der Waals surface area contributed by atoms with Crippen LogP contribution >= 0.6 is 23.2 Å². The third kappa shape index (κ3) is 3.50. The van der Waals surface area contributed by atoms with E-state index in [1.165, 1.54) is 0 Å². The molecule has 0 fully saturated rings. The fourth-order valence-corrected chi connectivity index (χ4v) is 2.68. The summed E-state index contributed by atoms with van der Waals surface area (Å²) in [5.41, 5.74) is 3.78. The van der Waals surface area contributed by atoms with Crippen LogP contribution in [0.1, 0.15) is 29.5 Å². The van der Waals surface area contributed by atoms with Crippen molar-refractivity contribution in [1.82, 2.24) is 0 Å². The van der Waals surface area contributed by atoms with Gasteiger partial charge >= 0.3 is 0 Å². The number of benzene rings is 2. The van der Waals surface area contributed by atoms with E-state index in [2.05, 4.69) is 11.4 Å². The highest BCUT2D eigenvalue weighted by atomic mass is 35.5. The molecule has 2 aromatic rings. The highest BCUT2D eigenvalue weighted by molar-refractivity contribution is 6.32. The first-order valence-corrected chi connectivity index (χ1v) is 7.51. The van der Waals surface area contributed by atoms with Gasteiger partial charge in [0.15, 0.2) is 0 Å². The van der Waals surface area contributed by atoms with Crippen molar-refractivity contribution in [3.63, 3.8) is 0 Å². The Morgan fingerprint density at radius 1 is 1.19 bits per heavy atom. The molecule has 0 aliphatic heterocycles. The molecule has 0 radical (unpaired) electrons. The minimum absolute atomic E-state index is 0.399. The summed E-state index contributed by atoms with van der Waals surface area (Å²) in [6.45, 7) is 4.87. The fraction of sp³-hybridized carbons (Fsp3) is 0.235. The van der Waals surface area contributed by atoms with E-state index in [-0.39, 0.29) is 0 Å². The molecule has 0 saturated carbocycles. The molecule has 21 heavy (non-hydrogen) atoms. The van der Waals surface area contributed by atoms with Crippen LogP contribution in [-0.4, -0.2) is 6.54 Å². The van der Waals surface area contributed by atoms with Gasteiger partial charge in [-0.15, -0.1) is 0 Å². The van der Waals surface area contributed by atoms with E-state index in [0.717, 1.165) is 28.9 Å². The number of nitrogens with zero attached hydrogens (tertiary/aromatic N) is 1. The molecular formula is C17H16Cl2N2. The van der Waals surface area contributed by atoms with Crippen LogP contribution in [0.25, 0.3) is 0 Å². The molecule has 2 rings (SSSR count). The van der Waals surface area contributed by atoms with Crippen LogP contribution < -0.4 is 5.32 Å². The van der Waals surface area contributed by atoms with E-state index in [0.29, 0.717) is 10.0 Å². The van der Waals surface area contributed by atoms with Crippen LogP contribution in [0, 0.1) is 18.3 Å². The smallest absolute Gasteiger partial charge is 0.0977 e. The lowest BCUT2D eigenvalue weighted by Gasteiger charge is -2.16. The van der Waals surface area contributed by atoms with Gasteiger partial charge in [-0.3, -0.25) is 0 Å². The second kappa shape index (κ2) is 6.85. The summed E-state index contributed by atoms with van der Waals surface area (Å²) >= 11 is 12.3. The zero-order valence-electron chi connectivity index (χ0n) is 12.0. The highest BCUT2D eigenvalue weighted by Crippen LogP contribution is 2.34. The standard InChI is InChI=1S/C17H16Cl2N2/c1-3-21-17-9-16(19)14(8-11(17)2)15(10-20)12-4-6-13(18)7-5-12/h4-9,15,21H,3H2,1-2H3. The fourth-order valence-electron chi connectivity index (χ4n) is 2.28. The summed E-state index contributed by atoms with van der Waals surface area (Å²) in [6, 6.07) is 13.5. The average Bonchev–Trinajstić information content (AvgIpc) is 2.47. The quantitative estimate of drug-likeness (QED) is 0.820. The number of anilines is 1. The molecule has 1 atom stereocenters. The summed E-state index contributed by atoms with van der Waals surface area (Å²) in [5.74, 6) is -0.399. The SMILES string of the molecule is CCNc1cc(Cl)c(C(C#N)c2ccc(Cl)cc2)cc1C. The van der Waals surface area contributed by atoms with E-state index >= 15 is 0 Å². The zero-order chi connectivity index (χ0) is 15.4. The number of hydrogen-bond donors (Lipinski definition) is 1. The van der Waals surface area contributed by atoms with Crippen molar-refractivity contribution >= 4 is 28.9 Å². The summed E-state index contributed by atoms with van der Waals surface area (Å²) in [4.78, 5) is 0. The van der Waals surface area contributed by atoms with Gasteiger partial charge in [-0.1, -0.05) is 41.4 Å². The number of nitriles is 1. The Morgan fingerprint density at radius 2 is 1.86 bits per heavy atom. The van der Waals surface area contributed by atoms with Gasteiger partial charge in [0.05, 0.1) is 12.0 Å². The van der Waals surface area contributed by atoms with Crippen LogP contribution in [0.4, 0.5) is 5.69 Å². The number of halogens is 2. The van der Waals surface area contributed by atoms with Gasteiger partial charge in [0.1, 0.15) is 0 Å². The van der Waals surface area contributed by atoms with Gasteiger partial charge < -0.3 is 5.32 Å². The van der Waals surface area contributed by atoms with Crippen molar-refractivity contribution in [3.8, 4) is 6.07 Å². The number of rotatable bonds is 4. The molecule has 4 heteroatoms. The van der Waals surface area contributed by atoms with Crippen LogP contribution in [0.3, 0.4) is 0 Å². The van der Waals surface area contributed by atoms with Gasteiger partial charge in [0.25, 0.3) is 0 Å². The normalized spacial score (nSPS) is 11.8. The molecule has 2 aromatic carbocycles. The Balaban J connectivity index is 2.46. The van der Waals surface area contributed by atoms with Crippen molar-refractivity contribution in [3.05, 3.63) is 63.1 Å². The molecule has 1 N–H and O–H groups in total. The highest BCUT2D eigenvalue weighted by Gasteiger charge is 2.18. The van der Waals surface area contributed by atoms with Crippen molar-refractivity contribution in [2.75, 3.05) is 11.9 Å². The Labute approximate surface area is 135 Å². The Morgan fingerprint density at radius 3 is 2.43 bits per heavy atom. The molecule has 0 aliphatic carbocycles. The molecule has 0 heterocycles. The second-order valence-corrected chi connectivity index (χ2v) is 5.68. The number of hydrogen-bond acceptors (Lipinski definition) is 2. The maximum Gasteiger partial charge on any atom is 0.0977 e. The summed E-state index contributed by atoms with van der Waals surface area (Å²) in [5, 5.41) is 14.0. The number of aryl methyl sites for hydroxylation is 1. The Kier molecular flexibility index (Phi) is 5.12. The van der Waals surface area contributed by atoms with Gasteiger partial charge in [-0.05, 0) is 48.7 Å². The largest absolute Gasteiger partial charge is 0.385 e. The molecule has 0 aromatic heterocycles. The van der Waals surface area contributed by atoms with Crippen LogP contribution in [0.5, 0.6) is 0 Å². The van der Waals surface area contributed by atoms with Crippen molar-refractivity contribution in [1.29, 1.82) is 5.26 Å². The van der Waals surface area contributed by atoms with Gasteiger partial charge in [0.2, 0.25) is 0 Å². The van der Waals surface area contributed by atoms with Crippen LogP contribution in [0.2, 0.25) is 10.0 Å². The minimum atomic E-state index is -0.399. The predicted molar refractivity (Wildman–Crippen MR) is 89.3 cm³/mol. The monoisotopic (exact) mass is 318 g/mol. The lowest BCUT2D eigenvalue weighted by atomic mass is 9.91. The predicted octanol–water partition coefficient (Wildman–Crippen LogP) is 5.39. The van der Waals surface area contributed by atoms with Crippen molar-refractivity contribution in [2.24, 2.45) is 0 Å². The topological polar surface area (TPSA) is 35.8 Å². The second-order valence-electron chi connectivity index (χ2n) is 4.83. The maximum atomic E-state index is 9.53. The summed E-state index contributed by atoms with van der Waals surface area (Å²) in [7, 11) is 0. The summed E-state index contributed by atoms with van der Waals surface area (Å²) in [6.07, 6.45) is 0. The molecule has 0 spiro atoms. The Bertz CT molecular complexity index is 672. The van der Waals surface area contributed by atoms with Gasteiger partial charge in [-0.2, -0.15) is 5.26 Å². The van der Waals surface area contributed by atoms with Gasteiger partial charge in [-0.25, -0.2) is 0 Å². The lowest BCUT2D eigenvalue weighted by molar-refractivity contribution is 1.03. The molecule has 1 unspecified atom stereocenters. The minimum Gasteiger partial charge on any atom is -0.385 e. The first-order valence-electron chi connectivity index (χ1n) is 6.75. The van der Waals surface area contributed by atoms with E-state index in [9.17, 15) is 5.26 Å². The lowest BCUT2D eigenvalue weighted by Crippen LogP contribution is -2.03. The van der Waals surface area contributed by atoms with E-state index in [1.54, 1.807) is 12.1 Å². The molecule has 0 saturated heterocycles. The molecule has 0 amide bonds. The molecule has 108 valence electrons. The van der Waals surface area contributed by atoms with Crippen molar-refractivity contribution < 1.29 is 0 Å². The first-order chi connectivity index (χ1) is 10.1. The Hall–Kier alpha value is -1.69. The van der Waals surface area contributed by atoms with E-state index in [4.69, 9.17) is 23.2 Å². The first kappa shape index (κ1) is 15.7. The number of nitrogens with one attached hydrogen (secondary N) is 1. The summed E-state index contributed by atoms with van der Waals surface area (Å²) < 4.78 is 0. The molecule has 0 bridgehead atoms. The molecule has 2 nitrogen and oxygen atoms in total. The van der Waals surface area contributed by atoms with Crippen LogP contribution in [-0.2, 0) is 0 Å². The van der Waals surface area contributed by atoms with Crippen molar-refractivity contribution in [2.45, 2.75) is 19.8 Å². The van der Waals surface area contributed by atoms with Crippen LogP contribution in [0.15, 0.2) is 36.4 Å². The third-order valence-corrected chi connectivity index (χ3v) is 3.93.